The summed E-state index contributed by atoms with van der Waals surface area (Å²) >= 11 is 0. The predicted molar refractivity (Wildman–Crippen MR) is 52.1 cm³/mol. The molecule has 84 valence electrons. The zero-order chi connectivity index (χ0) is 11.9. The molecule has 0 aliphatic carbocycles. The first-order valence-electron chi connectivity index (χ1n) is 3.94. The van der Waals surface area contributed by atoms with E-state index in [9.17, 15) is 4.79 Å². The van der Waals surface area contributed by atoms with Crippen LogP contribution in [0.4, 0.5) is 4.79 Å². The largest absolute Gasteiger partial charge is 0.748 e. The molecule has 1 N–H and O–H groups in total. The molecule has 0 bridgehead atoms. The monoisotopic (exact) mass is 232 g/mol. The SMILES string of the molecule is CNC(=O)[n+]1ccccc1.CS(=O)(=O)[O-]. The van der Waals surface area contributed by atoms with Crippen molar-refractivity contribution in [3.8, 4) is 0 Å². The van der Waals surface area contributed by atoms with Gasteiger partial charge in [0.2, 0.25) is 0 Å². The number of rotatable bonds is 0. The normalized spacial score (nSPS) is 9.80. The minimum Gasteiger partial charge on any atom is -0.748 e. The molecule has 1 heterocycles. The Morgan fingerprint density at radius 2 is 1.67 bits per heavy atom. The number of pyridine rings is 1. The van der Waals surface area contributed by atoms with Crippen molar-refractivity contribution in [3.63, 3.8) is 0 Å². The van der Waals surface area contributed by atoms with Crippen LogP contribution in [0, 0.1) is 0 Å². The van der Waals surface area contributed by atoms with E-state index < -0.39 is 10.1 Å². The summed E-state index contributed by atoms with van der Waals surface area (Å²) < 4.78 is 28.7. The fraction of sp³-hybridized carbons (Fsp3) is 0.250. The molecule has 0 aliphatic rings. The summed E-state index contributed by atoms with van der Waals surface area (Å²) in [4.78, 5) is 10.9. The summed E-state index contributed by atoms with van der Waals surface area (Å²) in [5, 5.41) is 2.51. The molecule has 0 atom stereocenters. The summed E-state index contributed by atoms with van der Waals surface area (Å²) in [6, 6.07) is 5.34. The summed E-state index contributed by atoms with van der Waals surface area (Å²) in [5.74, 6) is 0. The fourth-order valence-electron chi connectivity index (χ4n) is 0.663. The summed E-state index contributed by atoms with van der Waals surface area (Å²) in [6.45, 7) is 0. The van der Waals surface area contributed by atoms with E-state index in [-0.39, 0.29) is 6.03 Å². The maximum absolute atomic E-state index is 10.9. The molecule has 0 fully saturated rings. The highest BCUT2D eigenvalue weighted by Crippen LogP contribution is 1.75. The summed E-state index contributed by atoms with van der Waals surface area (Å²) in [7, 11) is -2.32. The van der Waals surface area contributed by atoms with Gasteiger partial charge in [0.15, 0.2) is 0 Å². The van der Waals surface area contributed by atoms with Crippen LogP contribution in [0.5, 0.6) is 0 Å². The van der Waals surface area contributed by atoms with Crippen LogP contribution in [-0.2, 0) is 10.1 Å². The highest BCUT2D eigenvalue weighted by Gasteiger charge is 2.05. The van der Waals surface area contributed by atoms with Crippen LogP contribution in [0.3, 0.4) is 0 Å². The predicted octanol–water partition coefficient (Wildman–Crippen LogP) is -0.677. The number of aromatic nitrogens is 1. The van der Waals surface area contributed by atoms with E-state index in [1.807, 2.05) is 6.07 Å². The van der Waals surface area contributed by atoms with Crippen molar-refractivity contribution in [1.29, 1.82) is 0 Å². The van der Waals surface area contributed by atoms with Crippen LogP contribution in [0.25, 0.3) is 0 Å². The number of nitrogens with zero attached hydrogens (tertiary/aromatic N) is 1. The standard InChI is InChI=1S/C7H8N2O.CH4O3S/c1-8-7(10)9-5-3-2-4-6-9;1-5(2,3)4/h2-6H,1H3;1H3,(H,2,3,4). The Kier molecular flexibility index (Phi) is 5.50. The van der Waals surface area contributed by atoms with Crippen LogP contribution in [0.1, 0.15) is 0 Å². The minimum atomic E-state index is -3.92. The van der Waals surface area contributed by atoms with Gasteiger partial charge in [0.1, 0.15) is 0 Å². The molecule has 1 rings (SSSR count). The first kappa shape index (κ1) is 13.5. The number of amides is 1. The van der Waals surface area contributed by atoms with Crippen LogP contribution in [-0.4, -0.2) is 32.3 Å². The lowest BCUT2D eigenvalue weighted by atomic mass is 10.5. The van der Waals surface area contributed by atoms with Crippen molar-refractivity contribution < 1.29 is 22.3 Å². The van der Waals surface area contributed by atoms with Crippen molar-refractivity contribution in [2.24, 2.45) is 0 Å². The number of carbonyl (C=O) groups excluding carboxylic acids is 1. The zero-order valence-electron chi connectivity index (χ0n) is 8.38. The van der Waals surface area contributed by atoms with Gasteiger partial charge in [-0.05, 0) is 12.1 Å². The van der Waals surface area contributed by atoms with Crippen molar-refractivity contribution in [1.82, 2.24) is 5.32 Å². The lowest BCUT2D eigenvalue weighted by molar-refractivity contribution is -0.571. The van der Waals surface area contributed by atoms with Gasteiger partial charge >= 0.3 is 6.03 Å². The summed E-state index contributed by atoms with van der Waals surface area (Å²) in [5.41, 5.74) is 0. The van der Waals surface area contributed by atoms with E-state index in [0.717, 1.165) is 0 Å². The highest BCUT2D eigenvalue weighted by molar-refractivity contribution is 7.84. The molecule has 1 aromatic heterocycles. The van der Waals surface area contributed by atoms with Crippen LogP contribution >= 0.6 is 0 Å². The van der Waals surface area contributed by atoms with E-state index in [4.69, 9.17) is 13.0 Å². The maximum atomic E-state index is 10.9. The van der Waals surface area contributed by atoms with E-state index in [1.54, 1.807) is 31.6 Å². The molecule has 0 aliphatic heterocycles. The zero-order valence-corrected chi connectivity index (χ0v) is 9.19. The van der Waals surface area contributed by atoms with E-state index >= 15 is 0 Å². The summed E-state index contributed by atoms with van der Waals surface area (Å²) in [6.07, 6.45) is 3.99. The Morgan fingerprint density at radius 1 is 1.27 bits per heavy atom. The van der Waals surface area contributed by atoms with Gasteiger partial charge in [-0.1, -0.05) is 6.07 Å². The third-order valence-electron chi connectivity index (χ3n) is 1.16. The number of hydrogen-bond acceptors (Lipinski definition) is 4. The van der Waals surface area contributed by atoms with Crippen LogP contribution in [0.15, 0.2) is 30.6 Å². The van der Waals surface area contributed by atoms with E-state index in [1.165, 1.54) is 4.57 Å². The highest BCUT2D eigenvalue weighted by atomic mass is 32.2. The van der Waals surface area contributed by atoms with Crippen molar-refractivity contribution in [2.75, 3.05) is 13.3 Å². The van der Waals surface area contributed by atoms with Crippen molar-refractivity contribution >= 4 is 16.1 Å². The first-order valence-corrected chi connectivity index (χ1v) is 5.75. The first-order chi connectivity index (χ1) is 6.84. The van der Waals surface area contributed by atoms with Gasteiger partial charge in [-0.25, -0.2) is 13.7 Å². The van der Waals surface area contributed by atoms with Gasteiger partial charge in [-0.15, -0.1) is 0 Å². The van der Waals surface area contributed by atoms with Gasteiger partial charge in [0, 0.05) is 6.26 Å². The number of nitrogens with one attached hydrogen (secondary N) is 1. The second-order valence-electron chi connectivity index (χ2n) is 2.54. The average Bonchev–Trinajstić information content (AvgIpc) is 2.15. The molecular formula is C8H12N2O4S. The second-order valence-corrected chi connectivity index (χ2v) is 3.95. The third kappa shape index (κ3) is 8.85. The Labute approximate surface area is 88.3 Å². The molecule has 6 nitrogen and oxygen atoms in total. The maximum Gasteiger partial charge on any atom is 0.495 e. The van der Waals surface area contributed by atoms with Gasteiger partial charge < -0.3 is 4.55 Å². The molecule has 1 amide bonds. The quantitative estimate of drug-likeness (QED) is 0.474. The minimum absolute atomic E-state index is 0.124. The molecule has 0 saturated heterocycles. The molecular weight excluding hydrogens is 220 g/mol. The Hall–Kier alpha value is -1.47. The van der Waals surface area contributed by atoms with Gasteiger partial charge in [-0.3, -0.25) is 0 Å². The average molecular weight is 232 g/mol. The lowest BCUT2D eigenvalue weighted by Crippen LogP contribution is -2.48. The molecule has 0 radical (unpaired) electrons. The molecule has 15 heavy (non-hydrogen) atoms. The Bertz CT molecular complexity index is 394. The molecule has 0 aromatic carbocycles. The van der Waals surface area contributed by atoms with Crippen molar-refractivity contribution in [3.05, 3.63) is 30.6 Å². The lowest BCUT2D eigenvalue weighted by Gasteiger charge is -1.90. The van der Waals surface area contributed by atoms with Gasteiger partial charge in [0.05, 0.1) is 29.6 Å². The topological polar surface area (TPSA) is 90.2 Å². The van der Waals surface area contributed by atoms with Crippen LogP contribution < -0.4 is 9.88 Å². The molecule has 0 unspecified atom stereocenters. The van der Waals surface area contributed by atoms with E-state index in [0.29, 0.717) is 6.26 Å². The Balaban J connectivity index is 0.000000336. The number of carbonyl (C=O) groups is 1. The van der Waals surface area contributed by atoms with E-state index in [2.05, 4.69) is 5.32 Å². The third-order valence-corrected chi connectivity index (χ3v) is 1.16. The smallest absolute Gasteiger partial charge is 0.495 e. The van der Waals surface area contributed by atoms with Gasteiger partial charge in [0.25, 0.3) is 0 Å². The molecule has 0 spiro atoms. The second kappa shape index (κ2) is 6.10. The molecule has 7 heteroatoms. The Morgan fingerprint density at radius 3 is 2.00 bits per heavy atom. The molecule has 0 saturated carbocycles. The fourth-order valence-corrected chi connectivity index (χ4v) is 0.663. The van der Waals surface area contributed by atoms with Gasteiger partial charge in [-0.2, -0.15) is 9.36 Å². The van der Waals surface area contributed by atoms with Crippen LogP contribution in [0.2, 0.25) is 0 Å². The molecule has 1 aromatic rings. The van der Waals surface area contributed by atoms with Crippen molar-refractivity contribution in [2.45, 2.75) is 0 Å². The number of hydrogen-bond donors (Lipinski definition) is 1.